The van der Waals surface area contributed by atoms with E-state index in [-0.39, 0.29) is 17.2 Å². The van der Waals surface area contributed by atoms with Gasteiger partial charge in [0.15, 0.2) is 0 Å². The standard InChI is InChI=1S/C13H15NO2/c1-8(2)10-7-14(3)13(16)9-5-4-6-11(15)12(9)10/h4-8,15H,1-3H3. The average molecular weight is 217 g/mol. The van der Waals surface area contributed by atoms with E-state index in [0.29, 0.717) is 10.8 Å². The molecule has 3 heteroatoms. The van der Waals surface area contributed by atoms with Crippen molar-refractivity contribution in [2.75, 3.05) is 0 Å². The fourth-order valence-electron chi connectivity index (χ4n) is 1.98. The van der Waals surface area contributed by atoms with Crippen molar-refractivity contribution < 1.29 is 5.11 Å². The zero-order valence-corrected chi connectivity index (χ0v) is 9.69. The summed E-state index contributed by atoms with van der Waals surface area (Å²) in [5.74, 6) is 0.446. The highest BCUT2D eigenvalue weighted by molar-refractivity contribution is 5.90. The second-order valence-electron chi connectivity index (χ2n) is 4.35. The molecule has 0 bridgehead atoms. The van der Waals surface area contributed by atoms with Crippen molar-refractivity contribution in [1.29, 1.82) is 0 Å². The van der Waals surface area contributed by atoms with Gasteiger partial charge < -0.3 is 9.67 Å². The average Bonchev–Trinajstić information content (AvgIpc) is 2.23. The normalized spacial score (nSPS) is 11.2. The van der Waals surface area contributed by atoms with Gasteiger partial charge in [0, 0.05) is 18.6 Å². The second kappa shape index (κ2) is 3.67. The Morgan fingerprint density at radius 2 is 2.00 bits per heavy atom. The zero-order valence-electron chi connectivity index (χ0n) is 9.69. The summed E-state index contributed by atoms with van der Waals surface area (Å²) in [4.78, 5) is 11.9. The van der Waals surface area contributed by atoms with Gasteiger partial charge in [-0.15, -0.1) is 0 Å². The Balaban J connectivity index is 3.02. The van der Waals surface area contributed by atoms with Gasteiger partial charge in [0.25, 0.3) is 5.56 Å². The Hall–Kier alpha value is -1.77. The van der Waals surface area contributed by atoms with Gasteiger partial charge >= 0.3 is 0 Å². The molecule has 0 atom stereocenters. The van der Waals surface area contributed by atoms with Crippen LogP contribution in [0.2, 0.25) is 0 Å². The molecule has 0 saturated carbocycles. The number of aromatic nitrogens is 1. The van der Waals surface area contributed by atoms with Crippen LogP contribution in [0.25, 0.3) is 10.8 Å². The smallest absolute Gasteiger partial charge is 0.258 e. The molecule has 3 nitrogen and oxygen atoms in total. The molecule has 0 aliphatic rings. The molecule has 1 aromatic carbocycles. The van der Waals surface area contributed by atoms with Crippen molar-refractivity contribution in [2.45, 2.75) is 19.8 Å². The number of fused-ring (bicyclic) bond motifs is 1. The minimum Gasteiger partial charge on any atom is -0.507 e. The number of rotatable bonds is 1. The van der Waals surface area contributed by atoms with E-state index >= 15 is 0 Å². The van der Waals surface area contributed by atoms with Crippen LogP contribution in [0.5, 0.6) is 5.75 Å². The van der Waals surface area contributed by atoms with Crippen molar-refractivity contribution in [1.82, 2.24) is 4.57 Å². The lowest BCUT2D eigenvalue weighted by Gasteiger charge is -2.13. The summed E-state index contributed by atoms with van der Waals surface area (Å²) in [6, 6.07) is 5.07. The molecular formula is C13H15NO2. The van der Waals surface area contributed by atoms with E-state index in [1.807, 2.05) is 13.8 Å². The molecule has 84 valence electrons. The lowest BCUT2D eigenvalue weighted by Crippen LogP contribution is -2.17. The van der Waals surface area contributed by atoms with E-state index in [1.165, 1.54) is 0 Å². The highest BCUT2D eigenvalue weighted by atomic mass is 16.3. The number of aromatic hydroxyl groups is 1. The first-order valence-corrected chi connectivity index (χ1v) is 5.33. The lowest BCUT2D eigenvalue weighted by atomic mass is 9.98. The number of benzene rings is 1. The number of nitrogens with zero attached hydrogens (tertiary/aromatic N) is 1. The van der Waals surface area contributed by atoms with Crippen LogP contribution >= 0.6 is 0 Å². The van der Waals surface area contributed by atoms with E-state index in [4.69, 9.17) is 0 Å². The van der Waals surface area contributed by atoms with E-state index in [2.05, 4.69) is 0 Å². The van der Waals surface area contributed by atoms with Crippen LogP contribution in [0, 0.1) is 0 Å². The molecule has 2 rings (SSSR count). The molecule has 0 fully saturated rings. The van der Waals surface area contributed by atoms with Crippen LogP contribution < -0.4 is 5.56 Å². The van der Waals surface area contributed by atoms with Gasteiger partial charge in [-0.2, -0.15) is 0 Å². The van der Waals surface area contributed by atoms with Crippen LogP contribution in [0.3, 0.4) is 0 Å². The minimum absolute atomic E-state index is 0.0738. The number of phenols is 1. The monoisotopic (exact) mass is 217 g/mol. The molecule has 1 aromatic heterocycles. The largest absolute Gasteiger partial charge is 0.507 e. The van der Waals surface area contributed by atoms with Gasteiger partial charge in [0.05, 0.1) is 5.39 Å². The predicted molar refractivity (Wildman–Crippen MR) is 64.9 cm³/mol. The van der Waals surface area contributed by atoms with Crippen LogP contribution in [-0.2, 0) is 7.05 Å². The molecule has 1 heterocycles. The topological polar surface area (TPSA) is 42.2 Å². The first-order chi connectivity index (χ1) is 7.52. The Bertz CT molecular complexity index is 597. The summed E-state index contributed by atoms with van der Waals surface area (Å²) in [6.07, 6.45) is 1.80. The summed E-state index contributed by atoms with van der Waals surface area (Å²) in [5, 5.41) is 11.1. The Morgan fingerprint density at radius 1 is 1.31 bits per heavy atom. The third-order valence-corrected chi connectivity index (χ3v) is 2.84. The van der Waals surface area contributed by atoms with Gasteiger partial charge in [-0.1, -0.05) is 19.9 Å². The van der Waals surface area contributed by atoms with Gasteiger partial charge in [0.1, 0.15) is 5.75 Å². The fourth-order valence-corrected chi connectivity index (χ4v) is 1.98. The maximum absolute atomic E-state index is 11.9. The zero-order chi connectivity index (χ0) is 11.9. The van der Waals surface area contributed by atoms with E-state index in [0.717, 1.165) is 5.56 Å². The predicted octanol–water partition coefficient (Wildman–Crippen LogP) is 2.37. The first kappa shape index (κ1) is 10.7. The van der Waals surface area contributed by atoms with E-state index in [9.17, 15) is 9.90 Å². The Kier molecular flexibility index (Phi) is 2.46. The number of pyridine rings is 1. The van der Waals surface area contributed by atoms with Crippen LogP contribution in [-0.4, -0.2) is 9.67 Å². The molecule has 0 aliphatic carbocycles. The summed E-state index contributed by atoms with van der Waals surface area (Å²) in [7, 11) is 1.73. The third-order valence-electron chi connectivity index (χ3n) is 2.84. The molecule has 0 amide bonds. The summed E-state index contributed by atoms with van der Waals surface area (Å²) < 4.78 is 1.57. The van der Waals surface area contributed by atoms with E-state index in [1.54, 1.807) is 36.0 Å². The maximum Gasteiger partial charge on any atom is 0.258 e. The fraction of sp³-hybridized carbons (Fsp3) is 0.308. The van der Waals surface area contributed by atoms with Gasteiger partial charge in [0.2, 0.25) is 0 Å². The molecule has 1 N–H and O–H groups in total. The molecule has 0 radical (unpaired) electrons. The van der Waals surface area contributed by atoms with Crippen LogP contribution in [0.4, 0.5) is 0 Å². The van der Waals surface area contributed by atoms with Gasteiger partial charge in [-0.05, 0) is 23.6 Å². The van der Waals surface area contributed by atoms with Gasteiger partial charge in [-0.3, -0.25) is 4.79 Å². The first-order valence-electron chi connectivity index (χ1n) is 5.33. The number of phenolic OH excluding ortho intramolecular Hbond substituents is 1. The Labute approximate surface area is 94.0 Å². The van der Waals surface area contributed by atoms with Crippen molar-refractivity contribution >= 4 is 10.8 Å². The maximum atomic E-state index is 11.9. The quantitative estimate of drug-likeness (QED) is 0.796. The number of aryl methyl sites for hydroxylation is 1. The molecule has 0 unspecified atom stereocenters. The summed E-state index contributed by atoms with van der Waals surface area (Å²) >= 11 is 0. The molecule has 0 aliphatic heterocycles. The highest BCUT2D eigenvalue weighted by Crippen LogP contribution is 2.29. The summed E-state index contributed by atoms with van der Waals surface area (Å²) in [5.41, 5.74) is 0.922. The summed E-state index contributed by atoms with van der Waals surface area (Å²) in [6.45, 7) is 4.09. The van der Waals surface area contributed by atoms with Crippen LogP contribution in [0.1, 0.15) is 25.3 Å². The molecule has 16 heavy (non-hydrogen) atoms. The highest BCUT2D eigenvalue weighted by Gasteiger charge is 2.12. The number of hydrogen-bond acceptors (Lipinski definition) is 2. The van der Waals surface area contributed by atoms with Crippen molar-refractivity contribution in [3.05, 3.63) is 40.3 Å². The SMILES string of the molecule is CC(C)c1cn(C)c(=O)c2cccc(O)c12. The van der Waals surface area contributed by atoms with Crippen molar-refractivity contribution in [3.63, 3.8) is 0 Å². The molecule has 0 saturated heterocycles. The lowest BCUT2D eigenvalue weighted by molar-refractivity contribution is 0.481. The number of hydrogen-bond donors (Lipinski definition) is 1. The van der Waals surface area contributed by atoms with Crippen LogP contribution in [0.15, 0.2) is 29.2 Å². The minimum atomic E-state index is -0.0738. The molecular weight excluding hydrogens is 202 g/mol. The van der Waals surface area contributed by atoms with Gasteiger partial charge in [-0.25, -0.2) is 0 Å². The van der Waals surface area contributed by atoms with E-state index < -0.39 is 0 Å². The Morgan fingerprint density at radius 3 is 2.62 bits per heavy atom. The van der Waals surface area contributed by atoms with Crippen molar-refractivity contribution in [3.8, 4) is 5.75 Å². The molecule has 2 aromatic rings. The second-order valence-corrected chi connectivity index (χ2v) is 4.35. The van der Waals surface area contributed by atoms with Crippen molar-refractivity contribution in [2.24, 2.45) is 7.05 Å². The third kappa shape index (κ3) is 1.48. The molecule has 0 spiro atoms.